The lowest BCUT2D eigenvalue weighted by Crippen LogP contribution is -2.28. The molecule has 0 radical (unpaired) electrons. The van der Waals surface area contributed by atoms with Crippen molar-refractivity contribution in [2.45, 2.75) is 12.0 Å². The van der Waals surface area contributed by atoms with Crippen molar-refractivity contribution in [2.75, 3.05) is 16.9 Å². The second kappa shape index (κ2) is 7.21. The molecule has 2 atom stereocenters. The Kier molecular flexibility index (Phi) is 3.95. The summed E-state index contributed by atoms with van der Waals surface area (Å²) >= 11 is 0. The van der Waals surface area contributed by atoms with Crippen LogP contribution in [0.2, 0.25) is 0 Å². The molecule has 4 heterocycles. The van der Waals surface area contributed by atoms with E-state index < -0.39 is 0 Å². The summed E-state index contributed by atoms with van der Waals surface area (Å²) in [7, 11) is 2.02. The summed E-state index contributed by atoms with van der Waals surface area (Å²) in [5.41, 5.74) is 7.04. The molecule has 5 aromatic rings. The maximum atomic E-state index is 4.92. The Morgan fingerprint density at radius 3 is 2.64 bits per heavy atom. The molecule has 0 saturated heterocycles. The normalized spacial score (nSPS) is 19.8. The van der Waals surface area contributed by atoms with Crippen molar-refractivity contribution >= 4 is 44.8 Å². The number of aromatic nitrogens is 3. The number of aliphatic imine (C=N–C) groups is 1. The molecule has 0 saturated carbocycles. The molecule has 0 fully saturated rings. The Hall–Kier alpha value is -4.58. The number of hydrogen-bond acceptors (Lipinski definition) is 4. The number of benzene rings is 3. The number of nitrogens with zero attached hydrogens (tertiary/aromatic N) is 5. The number of rotatable bonds is 1. The minimum atomic E-state index is 0.261. The van der Waals surface area contributed by atoms with E-state index in [1.54, 1.807) is 0 Å². The third-order valence-electron chi connectivity index (χ3n) is 7.71. The maximum Gasteiger partial charge on any atom is 0.164 e. The summed E-state index contributed by atoms with van der Waals surface area (Å²) < 4.78 is 4.33. The van der Waals surface area contributed by atoms with Gasteiger partial charge in [-0.25, -0.2) is 9.98 Å². The van der Waals surface area contributed by atoms with Gasteiger partial charge in [0.25, 0.3) is 0 Å². The van der Waals surface area contributed by atoms with Gasteiger partial charge in [0.1, 0.15) is 18.2 Å². The summed E-state index contributed by atoms with van der Waals surface area (Å²) in [6.07, 6.45) is 10.9. The van der Waals surface area contributed by atoms with E-state index in [9.17, 15) is 0 Å². The smallest absolute Gasteiger partial charge is 0.164 e. The van der Waals surface area contributed by atoms with Crippen LogP contribution in [0.4, 0.5) is 17.2 Å². The van der Waals surface area contributed by atoms with Crippen LogP contribution in [0.3, 0.4) is 0 Å². The van der Waals surface area contributed by atoms with Crippen molar-refractivity contribution in [2.24, 2.45) is 12.0 Å². The molecule has 6 heteroatoms. The summed E-state index contributed by atoms with van der Waals surface area (Å²) in [4.78, 5) is 12.1. The molecule has 8 rings (SSSR count). The van der Waals surface area contributed by atoms with Gasteiger partial charge >= 0.3 is 0 Å². The zero-order valence-electron chi connectivity index (χ0n) is 19.8. The van der Waals surface area contributed by atoms with Crippen LogP contribution in [0.25, 0.3) is 21.8 Å². The van der Waals surface area contributed by atoms with Gasteiger partial charge in [-0.05, 0) is 35.9 Å². The highest BCUT2D eigenvalue weighted by molar-refractivity contribution is 6.19. The number of allylic oxidation sites excluding steroid dienone is 2. The predicted octanol–water partition coefficient (Wildman–Crippen LogP) is 5.94. The van der Waals surface area contributed by atoms with Crippen LogP contribution in [0.5, 0.6) is 0 Å². The molecule has 1 aliphatic carbocycles. The van der Waals surface area contributed by atoms with Crippen molar-refractivity contribution < 1.29 is 0 Å². The zero-order chi connectivity index (χ0) is 23.8. The molecule has 2 aromatic heterocycles. The molecular weight excluding hydrogens is 444 g/mol. The third-order valence-corrected chi connectivity index (χ3v) is 7.71. The summed E-state index contributed by atoms with van der Waals surface area (Å²) in [5.74, 6) is 2.19. The molecule has 6 nitrogen and oxygen atoms in total. The molecule has 0 bridgehead atoms. The molecule has 0 amide bonds. The van der Waals surface area contributed by atoms with E-state index in [4.69, 9.17) is 9.98 Å². The average Bonchev–Trinajstić information content (AvgIpc) is 3.57. The largest absolute Gasteiger partial charge is 0.350 e. The van der Waals surface area contributed by atoms with Gasteiger partial charge in [0.05, 0.1) is 23.4 Å². The second-order valence-electron chi connectivity index (χ2n) is 9.64. The zero-order valence-corrected chi connectivity index (χ0v) is 19.8. The monoisotopic (exact) mass is 468 g/mol. The van der Waals surface area contributed by atoms with E-state index >= 15 is 0 Å². The summed E-state index contributed by atoms with van der Waals surface area (Å²) in [6, 6.07) is 24.4. The first-order valence-corrected chi connectivity index (χ1v) is 12.4. The highest BCUT2D eigenvalue weighted by Crippen LogP contribution is 2.50. The van der Waals surface area contributed by atoms with Crippen molar-refractivity contribution in [1.82, 2.24) is 14.1 Å². The van der Waals surface area contributed by atoms with Crippen molar-refractivity contribution in [3.63, 3.8) is 0 Å². The molecule has 3 aliphatic rings. The van der Waals surface area contributed by atoms with E-state index in [2.05, 4.69) is 106 Å². The fraction of sp³-hybridized carbons (Fsp3) is 0.133. The van der Waals surface area contributed by atoms with Gasteiger partial charge in [0.2, 0.25) is 0 Å². The highest BCUT2D eigenvalue weighted by Gasteiger charge is 2.38. The molecule has 174 valence electrons. The molecule has 0 spiro atoms. The van der Waals surface area contributed by atoms with Crippen molar-refractivity contribution in [1.29, 1.82) is 0 Å². The molecular formula is C30H24N6. The van der Waals surface area contributed by atoms with Gasteiger partial charge in [0.15, 0.2) is 5.84 Å². The van der Waals surface area contributed by atoms with E-state index in [-0.39, 0.29) is 6.04 Å². The minimum Gasteiger partial charge on any atom is -0.350 e. The predicted molar refractivity (Wildman–Crippen MR) is 146 cm³/mol. The van der Waals surface area contributed by atoms with Gasteiger partial charge in [-0.2, -0.15) is 0 Å². The number of anilines is 3. The van der Waals surface area contributed by atoms with E-state index in [0.717, 1.165) is 22.9 Å². The van der Waals surface area contributed by atoms with Gasteiger partial charge in [-0.3, -0.25) is 4.57 Å². The van der Waals surface area contributed by atoms with Crippen LogP contribution in [0, 0.1) is 0 Å². The van der Waals surface area contributed by atoms with Gasteiger partial charge in [-0.1, -0.05) is 60.7 Å². The minimum absolute atomic E-state index is 0.261. The fourth-order valence-corrected chi connectivity index (χ4v) is 6.16. The second-order valence-corrected chi connectivity index (χ2v) is 9.64. The average molecular weight is 469 g/mol. The summed E-state index contributed by atoms with van der Waals surface area (Å²) in [5, 5.41) is 5.84. The molecule has 1 N–H and O–H groups in total. The van der Waals surface area contributed by atoms with Crippen molar-refractivity contribution in [3.8, 4) is 0 Å². The Bertz CT molecular complexity index is 1770. The lowest BCUT2D eigenvalue weighted by molar-refractivity contribution is 0.745. The molecule has 2 aliphatic heterocycles. The molecule has 36 heavy (non-hydrogen) atoms. The first-order chi connectivity index (χ1) is 17.8. The quantitative estimate of drug-likeness (QED) is 0.331. The van der Waals surface area contributed by atoms with Crippen LogP contribution >= 0.6 is 0 Å². The van der Waals surface area contributed by atoms with Gasteiger partial charge in [0, 0.05) is 35.1 Å². The first-order valence-electron chi connectivity index (χ1n) is 12.4. The van der Waals surface area contributed by atoms with Crippen LogP contribution in [-0.2, 0) is 7.05 Å². The highest BCUT2D eigenvalue weighted by atomic mass is 15.2. The Balaban J connectivity index is 1.44. The number of nitrogens with one attached hydrogen (secondary N) is 1. The SMILES string of the molecule is Cn1cnc2c1NCN=C2n1c2ccccc2c2cc3c(cc21)C1C=CC=CC1N3c1ccccc1. The van der Waals surface area contributed by atoms with E-state index in [0.29, 0.717) is 12.6 Å². The standard InChI is InChI=1S/C30H24N6/c1-34-18-33-28-29(34)31-17-32-30(28)36-25-14-8-6-12-21(25)23-15-26-22(16-27(23)36)20-11-5-7-13-24(20)35(26)19-9-3-2-4-10-19/h2-16,18,20,24,31H,17H2,1H3. The maximum absolute atomic E-state index is 4.92. The first kappa shape index (κ1) is 19.7. The lowest BCUT2D eigenvalue weighted by atomic mass is 9.91. The van der Waals surface area contributed by atoms with Crippen LogP contribution in [-0.4, -0.2) is 32.7 Å². The Morgan fingerprint density at radius 1 is 0.889 bits per heavy atom. The van der Waals surface area contributed by atoms with Gasteiger partial charge < -0.3 is 14.8 Å². The third kappa shape index (κ3) is 2.56. The number of imidazole rings is 1. The molecule has 2 unspecified atom stereocenters. The fourth-order valence-electron chi connectivity index (χ4n) is 6.16. The van der Waals surface area contributed by atoms with E-state index in [1.807, 2.05) is 17.9 Å². The lowest BCUT2D eigenvalue weighted by Gasteiger charge is -2.28. The Labute approximate surface area is 208 Å². The topological polar surface area (TPSA) is 50.4 Å². The number of aryl methyl sites for hydroxylation is 1. The number of fused-ring (bicyclic) bond motifs is 7. The van der Waals surface area contributed by atoms with Crippen LogP contribution < -0.4 is 10.2 Å². The molecule has 3 aromatic carbocycles. The summed E-state index contributed by atoms with van der Waals surface area (Å²) in [6.45, 7) is 0.529. The van der Waals surface area contributed by atoms with Crippen LogP contribution in [0.1, 0.15) is 17.2 Å². The van der Waals surface area contributed by atoms with Crippen LogP contribution in [0.15, 0.2) is 102 Å². The van der Waals surface area contributed by atoms with E-state index in [1.165, 1.54) is 33.2 Å². The van der Waals surface area contributed by atoms with Crippen molar-refractivity contribution in [3.05, 3.63) is 109 Å². The number of para-hydroxylation sites is 2. The van der Waals surface area contributed by atoms with Gasteiger partial charge in [-0.15, -0.1) is 0 Å². The Morgan fingerprint density at radius 2 is 1.72 bits per heavy atom. The number of hydrogen-bond donors (Lipinski definition) is 1.